The minimum absolute atomic E-state index is 0.332. The van der Waals surface area contributed by atoms with E-state index < -0.39 is 0 Å². The van der Waals surface area contributed by atoms with Crippen molar-refractivity contribution in [2.45, 2.75) is 6.04 Å². The molecule has 0 bridgehead atoms. The van der Waals surface area contributed by atoms with E-state index in [0.29, 0.717) is 17.4 Å². The molecule has 4 rings (SSSR count). The van der Waals surface area contributed by atoms with E-state index in [4.69, 9.17) is 4.74 Å². The van der Waals surface area contributed by atoms with Gasteiger partial charge in [0.1, 0.15) is 5.75 Å². The molecule has 0 amide bonds. The molecule has 1 N–H and O–H groups in total. The average molecular weight is 317 g/mol. The minimum atomic E-state index is -0.332. The van der Waals surface area contributed by atoms with Gasteiger partial charge in [0.2, 0.25) is 0 Å². The van der Waals surface area contributed by atoms with Crippen LogP contribution in [-0.4, -0.2) is 12.5 Å². The van der Waals surface area contributed by atoms with Crippen LogP contribution in [-0.2, 0) is 0 Å². The van der Waals surface area contributed by atoms with Crippen molar-refractivity contribution in [2.75, 3.05) is 6.54 Å². The number of benzene rings is 3. The van der Waals surface area contributed by atoms with E-state index in [1.165, 1.54) is 5.56 Å². The van der Waals surface area contributed by atoms with Crippen LogP contribution < -0.4 is 10.1 Å². The maximum absolute atomic E-state index is 11.6. The number of rotatable bonds is 3. The zero-order valence-electron chi connectivity index (χ0n) is 13.3. The molecule has 3 aromatic carbocycles. The first-order valence-corrected chi connectivity index (χ1v) is 7.93. The van der Waals surface area contributed by atoms with Crippen LogP contribution in [0.2, 0.25) is 0 Å². The van der Waals surface area contributed by atoms with Crippen LogP contribution >= 0.6 is 0 Å². The van der Waals surface area contributed by atoms with Crippen LogP contribution in [0.4, 0.5) is 0 Å². The summed E-state index contributed by atoms with van der Waals surface area (Å²) >= 11 is 0. The van der Waals surface area contributed by atoms with E-state index in [9.17, 15) is 4.79 Å². The second kappa shape index (κ2) is 8.09. The number of esters is 1. The Kier molecular flexibility index (Phi) is 5.38. The molecule has 3 heteroatoms. The third-order valence-electron chi connectivity index (χ3n) is 3.57. The van der Waals surface area contributed by atoms with Gasteiger partial charge in [-0.05, 0) is 29.8 Å². The van der Waals surface area contributed by atoms with Crippen molar-refractivity contribution in [1.29, 1.82) is 0 Å². The molecule has 0 radical (unpaired) electrons. The normalized spacial score (nSPS) is 14.9. The molecule has 0 spiro atoms. The van der Waals surface area contributed by atoms with E-state index in [2.05, 4.69) is 29.6 Å². The van der Waals surface area contributed by atoms with E-state index in [1.807, 2.05) is 42.5 Å². The molecule has 3 nitrogen and oxygen atoms in total. The Bertz CT molecular complexity index is 754. The Morgan fingerprint density at radius 2 is 1.29 bits per heavy atom. The van der Waals surface area contributed by atoms with Crippen LogP contribution in [0.5, 0.6) is 5.75 Å². The fraction of sp³-hybridized carbons (Fsp3) is 0.0952. The molecule has 0 aliphatic carbocycles. The second-order valence-corrected chi connectivity index (χ2v) is 5.44. The second-order valence-electron chi connectivity index (χ2n) is 5.44. The number of ether oxygens (including phenoxy) is 1. The Balaban J connectivity index is 0.000000159. The van der Waals surface area contributed by atoms with Gasteiger partial charge in [0.15, 0.2) is 0 Å². The number of hydrogen-bond acceptors (Lipinski definition) is 3. The van der Waals surface area contributed by atoms with E-state index in [0.717, 1.165) is 6.54 Å². The van der Waals surface area contributed by atoms with Gasteiger partial charge in [-0.3, -0.25) is 0 Å². The maximum atomic E-state index is 11.6. The average Bonchev–Trinajstić information content (AvgIpc) is 3.50. The highest BCUT2D eigenvalue weighted by Gasteiger charge is 2.20. The van der Waals surface area contributed by atoms with E-state index in [-0.39, 0.29) is 5.97 Å². The maximum Gasteiger partial charge on any atom is 0.343 e. The predicted molar refractivity (Wildman–Crippen MR) is 95.0 cm³/mol. The summed E-state index contributed by atoms with van der Waals surface area (Å²) in [4.78, 5) is 11.6. The van der Waals surface area contributed by atoms with Gasteiger partial charge in [0, 0.05) is 12.6 Å². The Morgan fingerprint density at radius 1 is 0.792 bits per heavy atom. The van der Waals surface area contributed by atoms with Crippen molar-refractivity contribution in [3.8, 4) is 5.75 Å². The summed E-state index contributed by atoms with van der Waals surface area (Å²) in [5.41, 5.74) is 1.97. The van der Waals surface area contributed by atoms with Gasteiger partial charge in [-0.15, -0.1) is 0 Å². The van der Waals surface area contributed by atoms with Gasteiger partial charge in [-0.1, -0.05) is 66.7 Å². The number of carbonyl (C=O) groups is 1. The first-order chi connectivity index (χ1) is 11.8. The first-order valence-electron chi connectivity index (χ1n) is 7.93. The Morgan fingerprint density at radius 3 is 1.83 bits per heavy atom. The van der Waals surface area contributed by atoms with Crippen molar-refractivity contribution in [2.24, 2.45) is 0 Å². The topological polar surface area (TPSA) is 48.2 Å². The summed E-state index contributed by atoms with van der Waals surface area (Å²) in [6, 6.07) is 29.1. The molecule has 1 atom stereocenters. The molecule has 24 heavy (non-hydrogen) atoms. The van der Waals surface area contributed by atoms with Crippen molar-refractivity contribution in [1.82, 2.24) is 5.32 Å². The molecule has 120 valence electrons. The van der Waals surface area contributed by atoms with Gasteiger partial charge in [-0.2, -0.15) is 0 Å². The van der Waals surface area contributed by atoms with Crippen molar-refractivity contribution in [3.05, 3.63) is 102 Å². The standard InChI is InChI=1S/C13H10O2.C8H9N/c14-13(11-7-3-1-4-8-11)15-12-9-5-2-6-10-12;1-2-4-7(5-3-1)8-6-9-8/h1-10H;1-5,8-9H,6H2. The van der Waals surface area contributed by atoms with Gasteiger partial charge in [0.05, 0.1) is 5.56 Å². The zero-order valence-corrected chi connectivity index (χ0v) is 13.3. The highest BCUT2D eigenvalue weighted by molar-refractivity contribution is 5.90. The minimum Gasteiger partial charge on any atom is -0.423 e. The molecule has 3 aromatic rings. The Hall–Kier alpha value is -2.91. The van der Waals surface area contributed by atoms with Gasteiger partial charge in [0.25, 0.3) is 0 Å². The fourth-order valence-electron chi connectivity index (χ4n) is 2.21. The number of para-hydroxylation sites is 1. The van der Waals surface area contributed by atoms with Crippen LogP contribution in [0.1, 0.15) is 22.0 Å². The molecule has 1 aliphatic rings. The first kappa shape index (κ1) is 16.0. The third-order valence-corrected chi connectivity index (χ3v) is 3.57. The van der Waals surface area contributed by atoms with Crippen molar-refractivity contribution < 1.29 is 9.53 Å². The number of hydrogen-bond donors (Lipinski definition) is 1. The molecule has 1 aliphatic heterocycles. The summed E-state index contributed by atoms with van der Waals surface area (Å²) in [6.45, 7) is 1.16. The number of nitrogens with one attached hydrogen (secondary N) is 1. The molecular weight excluding hydrogens is 298 g/mol. The molecule has 1 unspecified atom stereocenters. The highest BCUT2D eigenvalue weighted by Crippen LogP contribution is 2.19. The molecule has 0 aromatic heterocycles. The lowest BCUT2D eigenvalue weighted by Crippen LogP contribution is -2.07. The van der Waals surface area contributed by atoms with Crippen molar-refractivity contribution >= 4 is 5.97 Å². The Labute approximate surface area is 141 Å². The molecule has 1 saturated heterocycles. The summed E-state index contributed by atoms with van der Waals surface area (Å²) in [5, 5.41) is 3.25. The van der Waals surface area contributed by atoms with E-state index in [1.54, 1.807) is 24.3 Å². The molecule has 1 heterocycles. The summed E-state index contributed by atoms with van der Waals surface area (Å²) in [5.74, 6) is 0.230. The van der Waals surface area contributed by atoms with Crippen LogP contribution in [0.25, 0.3) is 0 Å². The monoisotopic (exact) mass is 317 g/mol. The van der Waals surface area contributed by atoms with Crippen LogP contribution in [0.15, 0.2) is 91.0 Å². The predicted octanol–water partition coefficient (Wildman–Crippen LogP) is 4.24. The van der Waals surface area contributed by atoms with Gasteiger partial charge < -0.3 is 10.1 Å². The van der Waals surface area contributed by atoms with Crippen LogP contribution in [0.3, 0.4) is 0 Å². The summed E-state index contributed by atoms with van der Waals surface area (Å²) < 4.78 is 5.16. The molecule has 1 fully saturated rings. The SMILES string of the molecule is O=C(Oc1ccccc1)c1ccccc1.c1ccc(C2CN2)cc1. The summed E-state index contributed by atoms with van der Waals surface area (Å²) in [6.07, 6.45) is 0. The summed E-state index contributed by atoms with van der Waals surface area (Å²) in [7, 11) is 0. The van der Waals surface area contributed by atoms with Crippen molar-refractivity contribution in [3.63, 3.8) is 0 Å². The van der Waals surface area contributed by atoms with Gasteiger partial charge in [-0.25, -0.2) is 4.79 Å². The quantitative estimate of drug-likeness (QED) is 0.446. The van der Waals surface area contributed by atoms with Gasteiger partial charge >= 0.3 is 5.97 Å². The zero-order chi connectivity index (χ0) is 16.6. The highest BCUT2D eigenvalue weighted by atomic mass is 16.5. The number of carbonyl (C=O) groups excluding carboxylic acids is 1. The largest absolute Gasteiger partial charge is 0.423 e. The smallest absolute Gasteiger partial charge is 0.343 e. The fourth-order valence-corrected chi connectivity index (χ4v) is 2.21. The lowest BCUT2D eigenvalue weighted by atomic mass is 10.2. The lowest BCUT2D eigenvalue weighted by molar-refractivity contribution is 0.0735. The van der Waals surface area contributed by atoms with Crippen LogP contribution in [0, 0.1) is 0 Å². The third kappa shape index (κ3) is 4.80. The lowest BCUT2D eigenvalue weighted by Gasteiger charge is -2.02. The molecule has 0 saturated carbocycles. The van der Waals surface area contributed by atoms with E-state index >= 15 is 0 Å². The molecular formula is C21H19NO2.